The Morgan fingerprint density at radius 2 is 1.66 bits per heavy atom. The van der Waals surface area contributed by atoms with Gasteiger partial charge in [0.1, 0.15) is 18.1 Å². The van der Waals surface area contributed by atoms with E-state index in [4.69, 9.17) is 5.73 Å². The number of nitrogens with one attached hydrogen (secondary N) is 4. The van der Waals surface area contributed by atoms with Crippen molar-refractivity contribution in [1.29, 1.82) is 0 Å². The number of carbonyl (C=O) groups excluding carboxylic acids is 3. The molecule has 0 saturated heterocycles. The molecule has 35 heavy (non-hydrogen) atoms. The van der Waals surface area contributed by atoms with Gasteiger partial charge in [0.15, 0.2) is 0 Å². The second-order valence-electron chi connectivity index (χ2n) is 8.81. The van der Waals surface area contributed by atoms with Gasteiger partial charge in [-0.3, -0.25) is 14.4 Å². The van der Waals surface area contributed by atoms with E-state index in [2.05, 4.69) is 20.9 Å². The number of rotatable bonds is 13. The van der Waals surface area contributed by atoms with Gasteiger partial charge in [-0.15, -0.1) is 0 Å². The highest BCUT2D eigenvalue weighted by atomic mass is 32.2. The van der Waals surface area contributed by atoms with Crippen molar-refractivity contribution in [2.75, 3.05) is 12.0 Å². The molecule has 2 aromatic rings. The number of hydrogen-bond donors (Lipinski definition) is 6. The Bertz CT molecular complexity index is 1040. The zero-order chi connectivity index (χ0) is 26.1. The van der Waals surface area contributed by atoms with Crippen LogP contribution in [0.4, 0.5) is 0 Å². The Morgan fingerprint density at radius 1 is 1.00 bits per heavy atom. The minimum absolute atomic E-state index is 0.134. The average molecular weight is 506 g/mol. The smallest absolute Gasteiger partial charge is 0.326 e. The van der Waals surface area contributed by atoms with Crippen LogP contribution in [0, 0.1) is 5.92 Å². The van der Waals surface area contributed by atoms with Gasteiger partial charge in [0.05, 0.1) is 6.04 Å². The lowest BCUT2D eigenvalue weighted by molar-refractivity contribution is -0.142. The van der Waals surface area contributed by atoms with Crippen LogP contribution in [-0.4, -0.2) is 70.0 Å². The molecule has 0 aliphatic carbocycles. The predicted octanol–water partition coefficient (Wildman–Crippen LogP) is 1.01. The van der Waals surface area contributed by atoms with Gasteiger partial charge in [-0.05, 0) is 42.9 Å². The predicted molar refractivity (Wildman–Crippen MR) is 137 cm³/mol. The van der Waals surface area contributed by atoms with E-state index in [1.807, 2.05) is 30.5 Å². The Balaban J connectivity index is 2.16. The summed E-state index contributed by atoms with van der Waals surface area (Å²) in [6.45, 7) is 5.08. The van der Waals surface area contributed by atoms with Crippen molar-refractivity contribution >= 4 is 46.4 Å². The molecule has 192 valence electrons. The van der Waals surface area contributed by atoms with Gasteiger partial charge < -0.3 is 31.8 Å². The standard InChI is InChI=1S/C24H35N5O5S/c1-13(2)20(25)23(32)29-19(11-15-12-26-17-8-6-5-7-16(15)17)22(31)27-14(3)21(30)28-18(24(33)34)9-10-35-4/h5-8,12-14,18-20,26H,9-11,25H2,1-4H3,(H,27,31)(H,28,30)(H,29,32)(H,33,34). The number of amides is 3. The number of aliphatic carboxylic acids is 1. The third-order valence-electron chi connectivity index (χ3n) is 5.73. The number of aromatic amines is 1. The summed E-state index contributed by atoms with van der Waals surface area (Å²) in [5, 5.41) is 18.0. The molecule has 0 bridgehead atoms. The zero-order valence-corrected chi connectivity index (χ0v) is 21.3. The number of nitrogens with two attached hydrogens (primary N) is 1. The number of benzene rings is 1. The second-order valence-corrected chi connectivity index (χ2v) is 9.79. The summed E-state index contributed by atoms with van der Waals surface area (Å²) in [6, 6.07) is 3.72. The number of aromatic nitrogens is 1. The zero-order valence-electron chi connectivity index (χ0n) is 20.5. The van der Waals surface area contributed by atoms with Gasteiger partial charge in [0, 0.05) is 23.5 Å². The van der Waals surface area contributed by atoms with Crippen molar-refractivity contribution < 1.29 is 24.3 Å². The van der Waals surface area contributed by atoms with Crippen LogP contribution >= 0.6 is 11.8 Å². The van der Waals surface area contributed by atoms with Crippen LogP contribution in [0.2, 0.25) is 0 Å². The molecule has 0 aliphatic rings. The Labute approximate surface area is 209 Å². The molecule has 1 aromatic carbocycles. The van der Waals surface area contributed by atoms with Crippen LogP contribution in [0.3, 0.4) is 0 Å². The number of H-pyrrole nitrogens is 1. The van der Waals surface area contributed by atoms with Gasteiger partial charge in [-0.25, -0.2) is 4.79 Å². The van der Waals surface area contributed by atoms with E-state index in [-0.39, 0.29) is 18.8 Å². The molecule has 0 saturated carbocycles. The first-order valence-electron chi connectivity index (χ1n) is 11.5. The SMILES string of the molecule is CSCCC(NC(=O)C(C)NC(=O)C(Cc1c[nH]c2ccccc12)NC(=O)C(N)C(C)C)C(=O)O. The van der Waals surface area contributed by atoms with Gasteiger partial charge in [0.2, 0.25) is 17.7 Å². The number of para-hydroxylation sites is 1. The third-order valence-corrected chi connectivity index (χ3v) is 6.37. The molecular formula is C24H35N5O5S. The summed E-state index contributed by atoms with van der Waals surface area (Å²) in [7, 11) is 0. The van der Waals surface area contributed by atoms with Crippen molar-refractivity contribution in [3.8, 4) is 0 Å². The van der Waals surface area contributed by atoms with Crippen LogP contribution < -0.4 is 21.7 Å². The van der Waals surface area contributed by atoms with Crippen molar-refractivity contribution in [3.05, 3.63) is 36.0 Å². The summed E-state index contributed by atoms with van der Waals surface area (Å²) in [5.41, 5.74) is 7.69. The fourth-order valence-corrected chi connectivity index (χ4v) is 3.94. The maximum atomic E-state index is 13.2. The average Bonchev–Trinajstić information content (AvgIpc) is 3.22. The second kappa shape index (κ2) is 13.1. The first kappa shape index (κ1) is 28.2. The van der Waals surface area contributed by atoms with Gasteiger partial charge in [-0.2, -0.15) is 11.8 Å². The number of thioether (sulfide) groups is 1. The fraction of sp³-hybridized carbons (Fsp3) is 0.500. The lowest BCUT2D eigenvalue weighted by Crippen LogP contribution is -2.57. The van der Waals surface area contributed by atoms with E-state index in [9.17, 15) is 24.3 Å². The molecule has 3 amide bonds. The van der Waals surface area contributed by atoms with Crippen LogP contribution in [0.15, 0.2) is 30.5 Å². The van der Waals surface area contributed by atoms with Crippen molar-refractivity contribution in [2.24, 2.45) is 11.7 Å². The number of fused-ring (bicyclic) bond motifs is 1. The highest BCUT2D eigenvalue weighted by Gasteiger charge is 2.29. The minimum atomic E-state index is -1.14. The number of hydrogen-bond acceptors (Lipinski definition) is 6. The molecule has 1 heterocycles. The van der Waals surface area contributed by atoms with Gasteiger partial charge >= 0.3 is 5.97 Å². The van der Waals surface area contributed by atoms with Crippen LogP contribution in [0.25, 0.3) is 10.9 Å². The maximum absolute atomic E-state index is 13.2. The number of carboxylic acids is 1. The highest BCUT2D eigenvalue weighted by molar-refractivity contribution is 7.98. The summed E-state index contributed by atoms with van der Waals surface area (Å²) in [6.07, 6.45) is 4.05. The molecule has 4 atom stereocenters. The summed E-state index contributed by atoms with van der Waals surface area (Å²) in [4.78, 5) is 53.0. The normalized spacial score (nSPS) is 14.7. The lowest BCUT2D eigenvalue weighted by atomic mass is 10.0. The maximum Gasteiger partial charge on any atom is 0.326 e. The van der Waals surface area contributed by atoms with Crippen LogP contribution in [0.5, 0.6) is 0 Å². The quantitative estimate of drug-likeness (QED) is 0.236. The van der Waals surface area contributed by atoms with E-state index in [1.54, 1.807) is 20.0 Å². The first-order chi connectivity index (χ1) is 16.5. The summed E-state index contributed by atoms with van der Waals surface area (Å²) >= 11 is 1.47. The summed E-state index contributed by atoms with van der Waals surface area (Å²) in [5.74, 6) is -2.38. The Hall–Kier alpha value is -3.05. The molecule has 4 unspecified atom stereocenters. The summed E-state index contributed by atoms with van der Waals surface area (Å²) < 4.78 is 0. The Kier molecular flexibility index (Phi) is 10.6. The van der Waals surface area contributed by atoms with Crippen molar-refractivity contribution in [2.45, 2.75) is 57.8 Å². The van der Waals surface area contributed by atoms with Gasteiger partial charge in [0.25, 0.3) is 0 Å². The molecule has 0 spiro atoms. The molecule has 1 aromatic heterocycles. The van der Waals surface area contributed by atoms with Crippen LogP contribution in [0.1, 0.15) is 32.8 Å². The van der Waals surface area contributed by atoms with Crippen molar-refractivity contribution in [1.82, 2.24) is 20.9 Å². The van der Waals surface area contributed by atoms with E-state index in [1.165, 1.54) is 18.7 Å². The molecule has 0 radical (unpaired) electrons. The third kappa shape index (κ3) is 8.00. The first-order valence-corrected chi connectivity index (χ1v) is 12.9. The molecule has 2 rings (SSSR count). The van der Waals surface area contributed by atoms with Crippen LogP contribution in [-0.2, 0) is 25.6 Å². The van der Waals surface area contributed by atoms with Gasteiger partial charge in [-0.1, -0.05) is 32.0 Å². The highest BCUT2D eigenvalue weighted by Crippen LogP contribution is 2.19. The van der Waals surface area contributed by atoms with E-state index in [0.717, 1.165) is 16.5 Å². The number of carboxylic acid groups (broad SMARTS) is 1. The van der Waals surface area contributed by atoms with Crippen molar-refractivity contribution in [3.63, 3.8) is 0 Å². The fourth-order valence-electron chi connectivity index (χ4n) is 3.47. The van der Waals surface area contributed by atoms with E-state index >= 15 is 0 Å². The largest absolute Gasteiger partial charge is 0.480 e. The van der Waals surface area contributed by atoms with E-state index in [0.29, 0.717) is 5.75 Å². The molecule has 0 fully saturated rings. The molecule has 0 aliphatic heterocycles. The molecule has 10 nitrogen and oxygen atoms in total. The molecule has 11 heteroatoms. The molecular weight excluding hydrogens is 470 g/mol. The molecule has 7 N–H and O–H groups in total. The monoisotopic (exact) mass is 505 g/mol. The van der Waals surface area contributed by atoms with E-state index < -0.39 is 47.9 Å². The lowest BCUT2D eigenvalue weighted by Gasteiger charge is -2.24. The minimum Gasteiger partial charge on any atom is -0.480 e. The number of carbonyl (C=O) groups is 4. The Morgan fingerprint density at radius 3 is 2.29 bits per heavy atom. The topological polar surface area (TPSA) is 166 Å².